The van der Waals surface area contributed by atoms with Crippen molar-refractivity contribution in [2.75, 3.05) is 90.3 Å². The maximum atomic E-state index is 6.20. The molecular weight excluding hydrogens is 763 g/mol. The van der Waals surface area contributed by atoms with Crippen LogP contribution in [0.2, 0.25) is 10.0 Å². The third-order valence-electron chi connectivity index (χ3n) is 9.35. The average Bonchev–Trinajstić information content (AvgIpc) is 3.22. The summed E-state index contributed by atoms with van der Waals surface area (Å²) in [5.41, 5.74) is 4.65. The first-order chi connectivity index (χ1) is 27.8. The largest absolute Gasteiger partial charge is 0.379 e. The second-order valence-corrected chi connectivity index (χ2v) is 14.4. The second kappa shape index (κ2) is 19.5. The minimum atomic E-state index is 0.639. The first-order valence-electron chi connectivity index (χ1n) is 18.7. The number of hydrogen-bond donors (Lipinski definition) is 2. The van der Waals surface area contributed by atoms with Gasteiger partial charge in [-0.1, -0.05) is 45.8 Å². The number of rotatable bonds is 17. The van der Waals surface area contributed by atoms with E-state index in [1.54, 1.807) is 0 Å². The van der Waals surface area contributed by atoms with Crippen LogP contribution in [-0.4, -0.2) is 119 Å². The maximum Gasteiger partial charge on any atom is 0.141 e. The highest BCUT2D eigenvalue weighted by Gasteiger charge is 2.14. The third-order valence-corrected chi connectivity index (χ3v) is 9.82. The summed E-state index contributed by atoms with van der Waals surface area (Å²) in [6, 6.07) is 26.5. The van der Waals surface area contributed by atoms with E-state index >= 15 is 0 Å². The standard InChI is InChI=1S/C40H44Cl2N14O/c1-53(51-49-33-9-11-37-35(25-33)39(45-27-43-37)47-31-7-3-5-29(41)23-31)13-15-55(17-18-56-19-21-57-22-20-56)16-14-54(2)52-50-34-10-12-38-36(26-34)40(46-28-44-38)48-32-8-4-6-30(42)24-32/h3-12,23-28H,13-22H2,1-2H3,(H,43,45,47)(H,44,46,48). The van der Waals surface area contributed by atoms with E-state index in [1.807, 2.05) is 109 Å². The minimum absolute atomic E-state index is 0.639. The third kappa shape index (κ3) is 11.5. The average molecular weight is 808 g/mol. The van der Waals surface area contributed by atoms with Crippen molar-refractivity contribution in [3.05, 3.63) is 108 Å². The van der Waals surface area contributed by atoms with Crippen molar-refractivity contribution in [1.29, 1.82) is 0 Å². The number of nitrogens with one attached hydrogen (secondary N) is 2. The molecule has 0 radical (unpaired) electrons. The maximum absolute atomic E-state index is 6.20. The fourth-order valence-electron chi connectivity index (χ4n) is 6.18. The van der Waals surface area contributed by atoms with Gasteiger partial charge >= 0.3 is 0 Å². The first kappa shape index (κ1) is 39.6. The highest BCUT2D eigenvalue weighted by atomic mass is 35.5. The van der Waals surface area contributed by atoms with Gasteiger partial charge in [-0.25, -0.2) is 19.9 Å². The zero-order valence-corrected chi connectivity index (χ0v) is 33.4. The molecule has 2 aromatic heterocycles. The van der Waals surface area contributed by atoms with Crippen LogP contribution in [0.3, 0.4) is 0 Å². The summed E-state index contributed by atoms with van der Waals surface area (Å²) in [6.07, 6.45) is 3.07. The quantitative estimate of drug-likeness (QED) is 0.0675. The lowest BCUT2D eigenvalue weighted by atomic mass is 10.2. The topological polar surface area (TPSA) is 147 Å². The van der Waals surface area contributed by atoms with Crippen LogP contribution in [0.15, 0.2) is 118 Å². The molecule has 0 spiro atoms. The van der Waals surface area contributed by atoms with Crippen LogP contribution in [0.1, 0.15) is 0 Å². The second-order valence-electron chi connectivity index (χ2n) is 13.6. The monoisotopic (exact) mass is 806 g/mol. The van der Waals surface area contributed by atoms with Gasteiger partial charge in [0.25, 0.3) is 0 Å². The first-order valence-corrected chi connectivity index (χ1v) is 19.4. The molecule has 15 nitrogen and oxygen atoms in total. The van der Waals surface area contributed by atoms with E-state index in [2.05, 4.69) is 61.0 Å². The molecule has 0 saturated carbocycles. The Kier molecular flexibility index (Phi) is 13.6. The Morgan fingerprint density at radius 3 is 1.63 bits per heavy atom. The Hall–Kier alpha value is -5.58. The van der Waals surface area contributed by atoms with E-state index in [-0.39, 0.29) is 0 Å². The van der Waals surface area contributed by atoms with E-state index in [4.69, 9.17) is 27.9 Å². The molecule has 294 valence electrons. The summed E-state index contributed by atoms with van der Waals surface area (Å²) in [5, 5.41) is 31.5. The summed E-state index contributed by atoms with van der Waals surface area (Å²) in [7, 11) is 3.87. The van der Waals surface area contributed by atoms with Gasteiger partial charge in [0, 0.05) is 85.6 Å². The Balaban J connectivity index is 0.964. The molecule has 3 heterocycles. The molecule has 0 amide bonds. The van der Waals surface area contributed by atoms with Gasteiger partial charge in [0.05, 0.1) is 48.7 Å². The Morgan fingerprint density at radius 2 is 1.14 bits per heavy atom. The molecule has 4 aromatic carbocycles. The number of likely N-dealkylation sites (N-methyl/N-ethyl adjacent to an activating group) is 2. The smallest absolute Gasteiger partial charge is 0.141 e. The van der Waals surface area contributed by atoms with Crippen LogP contribution in [0.25, 0.3) is 21.8 Å². The fraction of sp³-hybridized carbons (Fsp3) is 0.300. The Morgan fingerprint density at radius 1 is 0.632 bits per heavy atom. The number of nitrogens with zero attached hydrogens (tertiary/aromatic N) is 12. The molecule has 1 fully saturated rings. The lowest BCUT2D eigenvalue weighted by Gasteiger charge is -2.31. The summed E-state index contributed by atoms with van der Waals surface area (Å²) >= 11 is 12.4. The molecule has 57 heavy (non-hydrogen) atoms. The highest BCUT2D eigenvalue weighted by molar-refractivity contribution is 6.31. The molecule has 1 aliphatic rings. The highest BCUT2D eigenvalue weighted by Crippen LogP contribution is 2.29. The number of aromatic nitrogens is 4. The van der Waals surface area contributed by atoms with Crippen molar-refractivity contribution in [3.63, 3.8) is 0 Å². The van der Waals surface area contributed by atoms with Gasteiger partial charge in [-0.05, 0) is 72.8 Å². The number of ether oxygens (including phenoxy) is 1. The normalized spacial score (nSPS) is 13.6. The molecule has 17 heteroatoms. The van der Waals surface area contributed by atoms with E-state index in [9.17, 15) is 0 Å². The lowest BCUT2D eigenvalue weighted by molar-refractivity contribution is 0.0325. The number of halogens is 2. The van der Waals surface area contributed by atoms with Gasteiger partial charge in [-0.15, -0.1) is 10.2 Å². The number of morpholine rings is 1. The molecule has 1 aliphatic heterocycles. The molecule has 0 unspecified atom stereocenters. The van der Waals surface area contributed by atoms with Crippen LogP contribution < -0.4 is 10.6 Å². The fourth-order valence-corrected chi connectivity index (χ4v) is 6.56. The van der Waals surface area contributed by atoms with Crippen molar-refractivity contribution in [3.8, 4) is 0 Å². The predicted molar refractivity (Wildman–Crippen MR) is 227 cm³/mol. The van der Waals surface area contributed by atoms with E-state index in [0.29, 0.717) is 46.1 Å². The Labute approximate surface area is 341 Å². The minimum Gasteiger partial charge on any atom is -0.379 e. The molecule has 2 N–H and O–H groups in total. The van der Waals surface area contributed by atoms with Crippen molar-refractivity contribution in [2.45, 2.75) is 0 Å². The van der Waals surface area contributed by atoms with Gasteiger partial charge in [0.15, 0.2) is 0 Å². The van der Waals surface area contributed by atoms with Crippen molar-refractivity contribution >= 4 is 79.4 Å². The van der Waals surface area contributed by atoms with Crippen LogP contribution >= 0.6 is 23.2 Å². The van der Waals surface area contributed by atoms with Gasteiger partial charge in [-0.3, -0.25) is 19.8 Å². The zero-order chi connectivity index (χ0) is 39.4. The van der Waals surface area contributed by atoms with Crippen molar-refractivity contribution < 1.29 is 4.74 Å². The molecule has 0 atom stereocenters. The SMILES string of the molecule is CN(CCN(CCN1CCOCC1)CCN(C)N=Nc1ccc2ncnc(Nc3cccc(Cl)c3)c2c1)N=Nc1ccc2ncnc(Nc3cccc(Cl)c3)c2c1. The molecule has 6 aromatic rings. The van der Waals surface area contributed by atoms with Crippen molar-refractivity contribution in [1.82, 2.24) is 39.8 Å². The van der Waals surface area contributed by atoms with Gasteiger partial charge < -0.3 is 15.4 Å². The number of hydrogen-bond acceptors (Lipinski definition) is 13. The summed E-state index contributed by atoms with van der Waals surface area (Å²) in [5.74, 6) is 1.33. The van der Waals surface area contributed by atoms with Gasteiger partial charge in [-0.2, -0.15) is 0 Å². The predicted octanol–water partition coefficient (Wildman–Crippen LogP) is 8.56. The summed E-state index contributed by atoms with van der Waals surface area (Å²) in [6.45, 7) is 8.21. The summed E-state index contributed by atoms with van der Waals surface area (Å²) in [4.78, 5) is 22.6. The van der Waals surface area contributed by atoms with E-state index in [1.165, 1.54) is 12.7 Å². The van der Waals surface area contributed by atoms with Crippen molar-refractivity contribution in [2.24, 2.45) is 20.7 Å². The number of benzene rings is 4. The lowest BCUT2D eigenvalue weighted by Crippen LogP contribution is -2.44. The van der Waals surface area contributed by atoms with E-state index in [0.717, 1.165) is 85.7 Å². The zero-order valence-electron chi connectivity index (χ0n) is 31.8. The molecular formula is C40H44Cl2N14O. The molecule has 7 rings (SSSR count). The van der Waals surface area contributed by atoms with Gasteiger partial charge in [0.1, 0.15) is 24.3 Å². The van der Waals surface area contributed by atoms with E-state index < -0.39 is 0 Å². The van der Waals surface area contributed by atoms with Crippen LogP contribution in [-0.2, 0) is 4.74 Å². The van der Waals surface area contributed by atoms with Crippen LogP contribution in [0.5, 0.6) is 0 Å². The van der Waals surface area contributed by atoms with Crippen LogP contribution in [0.4, 0.5) is 34.4 Å². The van der Waals surface area contributed by atoms with Gasteiger partial charge in [0.2, 0.25) is 0 Å². The number of anilines is 4. The molecule has 0 bridgehead atoms. The molecule has 0 aliphatic carbocycles. The molecule has 1 saturated heterocycles. The Bertz CT molecular complexity index is 2170. The summed E-state index contributed by atoms with van der Waals surface area (Å²) < 4.78 is 5.57. The van der Waals surface area contributed by atoms with Crippen LogP contribution in [0, 0.1) is 0 Å². The number of fused-ring (bicyclic) bond motifs is 2.